The summed E-state index contributed by atoms with van der Waals surface area (Å²) in [5.74, 6) is -0.934. The number of nitrogens with one attached hydrogen (secondary N) is 1. The van der Waals surface area contributed by atoms with E-state index in [4.69, 9.17) is 0 Å². The SMILES string of the molecule is Cc1ccc(NC(=O)c2cc(F)ccc2N=O)nc1. The smallest absolute Gasteiger partial charge is 0.259 e. The highest BCUT2D eigenvalue weighted by atomic mass is 19.1. The standard InChI is InChI=1S/C13H10FN3O2/c1-8-2-5-12(15-7-8)16-13(18)10-6-9(14)3-4-11(10)17-19/h2-7H,1H3,(H,15,16,18). The van der Waals surface area contributed by atoms with E-state index in [1.165, 1.54) is 0 Å². The summed E-state index contributed by atoms with van der Waals surface area (Å²) in [6.07, 6.45) is 1.58. The first-order valence-electron chi connectivity index (χ1n) is 5.47. The van der Waals surface area contributed by atoms with E-state index in [2.05, 4.69) is 15.5 Å². The van der Waals surface area contributed by atoms with Crippen LogP contribution in [-0.4, -0.2) is 10.9 Å². The Hall–Kier alpha value is -2.63. The molecule has 1 amide bonds. The van der Waals surface area contributed by atoms with Gasteiger partial charge in [-0.2, -0.15) is 0 Å². The molecule has 0 fully saturated rings. The Bertz CT molecular complexity index is 626. The van der Waals surface area contributed by atoms with Crippen LogP contribution in [0.25, 0.3) is 0 Å². The minimum atomic E-state index is -0.634. The van der Waals surface area contributed by atoms with Crippen molar-refractivity contribution in [2.45, 2.75) is 6.92 Å². The first kappa shape index (κ1) is 12.8. The number of benzene rings is 1. The summed E-state index contributed by atoms with van der Waals surface area (Å²) in [7, 11) is 0. The second-order valence-electron chi connectivity index (χ2n) is 3.93. The zero-order valence-electron chi connectivity index (χ0n) is 10.1. The summed E-state index contributed by atoms with van der Waals surface area (Å²) in [6.45, 7) is 1.86. The summed E-state index contributed by atoms with van der Waals surface area (Å²) in [6, 6.07) is 6.56. The normalized spacial score (nSPS) is 10.0. The van der Waals surface area contributed by atoms with E-state index in [1.54, 1.807) is 18.3 Å². The largest absolute Gasteiger partial charge is 0.306 e. The van der Waals surface area contributed by atoms with Crippen LogP contribution in [0.2, 0.25) is 0 Å². The molecule has 96 valence electrons. The Morgan fingerprint density at radius 3 is 2.74 bits per heavy atom. The van der Waals surface area contributed by atoms with Crippen molar-refractivity contribution in [3.8, 4) is 0 Å². The number of rotatable bonds is 3. The molecule has 2 rings (SSSR count). The van der Waals surface area contributed by atoms with Crippen LogP contribution >= 0.6 is 0 Å². The lowest BCUT2D eigenvalue weighted by Gasteiger charge is -2.06. The molecule has 1 aromatic carbocycles. The fourth-order valence-electron chi connectivity index (χ4n) is 1.50. The van der Waals surface area contributed by atoms with Crippen LogP contribution < -0.4 is 5.32 Å². The van der Waals surface area contributed by atoms with Crippen molar-refractivity contribution < 1.29 is 9.18 Å². The van der Waals surface area contributed by atoms with Gasteiger partial charge in [0.1, 0.15) is 17.3 Å². The monoisotopic (exact) mass is 259 g/mol. The zero-order valence-corrected chi connectivity index (χ0v) is 10.1. The molecule has 0 spiro atoms. The zero-order chi connectivity index (χ0) is 13.8. The average Bonchev–Trinajstić information content (AvgIpc) is 2.41. The minimum absolute atomic E-state index is 0.119. The molecule has 1 aromatic heterocycles. The molecule has 0 aliphatic rings. The first-order chi connectivity index (χ1) is 9.10. The number of aromatic nitrogens is 1. The molecule has 1 N–H and O–H groups in total. The lowest BCUT2D eigenvalue weighted by atomic mass is 10.1. The Morgan fingerprint density at radius 1 is 1.32 bits per heavy atom. The van der Waals surface area contributed by atoms with Gasteiger partial charge in [-0.25, -0.2) is 9.37 Å². The molecule has 6 heteroatoms. The highest BCUT2D eigenvalue weighted by molar-refractivity contribution is 6.07. The number of pyridine rings is 1. The van der Waals surface area contributed by atoms with Crippen molar-refractivity contribution >= 4 is 17.4 Å². The summed E-state index contributed by atoms with van der Waals surface area (Å²) in [5.41, 5.74) is 0.697. The predicted octanol–water partition coefficient (Wildman–Crippen LogP) is 3.18. The predicted molar refractivity (Wildman–Crippen MR) is 68.8 cm³/mol. The van der Waals surface area contributed by atoms with Gasteiger partial charge in [0.15, 0.2) is 0 Å². The highest BCUT2D eigenvalue weighted by Gasteiger charge is 2.14. The second kappa shape index (κ2) is 5.34. The van der Waals surface area contributed by atoms with Gasteiger partial charge < -0.3 is 5.32 Å². The molecule has 0 bridgehead atoms. The van der Waals surface area contributed by atoms with Crippen LogP contribution in [-0.2, 0) is 0 Å². The van der Waals surface area contributed by atoms with Crippen molar-refractivity contribution in [1.29, 1.82) is 0 Å². The van der Waals surface area contributed by atoms with Crippen molar-refractivity contribution in [3.05, 3.63) is 58.4 Å². The fraction of sp³-hybridized carbons (Fsp3) is 0.0769. The topological polar surface area (TPSA) is 71.4 Å². The van der Waals surface area contributed by atoms with E-state index in [0.717, 1.165) is 23.8 Å². The van der Waals surface area contributed by atoms with E-state index < -0.39 is 11.7 Å². The molecular formula is C13H10FN3O2. The molecule has 0 atom stereocenters. The number of carbonyl (C=O) groups excluding carboxylic acids is 1. The number of hydrogen-bond acceptors (Lipinski definition) is 4. The Labute approximate surface area is 108 Å². The van der Waals surface area contributed by atoms with Gasteiger partial charge in [0.05, 0.1) is 5.56 Å². The third-order valence-corrected chi connectivity index (χ3v) is 2.45. The number of nitrogens with zero attached hydrogens (tertiary/aromatic N) is 2. The summed E-state index contributed by atoms with van der Waals surface area (Å²) >= 11 is 0. The number of halogens is 1. The molecule has 0 saturated carbocycles. The molecule has 0 unspecified atom stereocenters. The van der Waals surface area contributed by atoms with Crippen molar-refractivity contribution in [2.24, 2.45) is 5.18 Å². The number of hydrogen-bond donors (Lipinski definition) is 1. The van der Waals surface area contributed by atoms with Crippen molar-refractivity contribution in [1.82, 2.24) is 4.98 Å². The van der Waals surface area contributed by atoms with Crippen molar-refractivity contribution in [3.63, 3.8) is 0 Å². The van der Waals surface area contributed by atoms with Crippen LogP contribution in [0.5, 0.6) is 0 Å². The van der Waals surface area contributed by atoms with E-state index in [0.29, 0.717) is 5.82 Å². The fourth-order valence-corrected chi connectivity index (χ4v) is 1.50. The molecule has 0 aliphatic heterocycles. The van der Waals surface area contributed by atoms with Crippen LogP contribution in [0.3, 0.4) is 0 Å². The Morgan fingerprint density at radius 2 is 2.11 bits per heavy atom. The van der Waals surface area contributed by atoms with E-state index in [9.17, 15) is 14.1 Å². The Kier molecular flexibility index (Phi) is 3.61. The lowest BCUT2D eigenvalue weighted by Crippen LogP contribution is -2.13. The molecule has 0 saturated heterocycles. The number of aryl methyl sites for hydroxylation is 1. The molecule has 0 aliphatic carbocycles. The number of amides is 1. The lowest BCUT2D eigenvalue weighted by molar-refractivity contribution is 0.102. The summed E-state index contributed by atoms with van der Waals surface area (Å²) in [4.78, 5) is 26.5. The molecule has 5 nitrogen and oxygen atoms in total. The van der Waals surface area contributed by atoms with Gasteiger partial charge >= 0.3 is 0 Å². The van der Waals surface area contributed by atoms with Gasteiger partial charge in [0, 0.05) is 6.20 Å². The van der Waals surface area contributed by atoms with Crippen LogP contribution in [0, 0.1) is 17.6 Å². The van der Waals surface area contributed by atoms with Gasteiger partial charge in [-0.05, 0) is 41.9 Å². The third-order valence-electron chi connectivity index (χ3n) is 2.45. The van der Waals surface area contributed by atoms with Crippen LogP contribution in [0.4, 0.5) is 15.9 Å². The highest BCUT2D eigenvalue weighted by Crippen LogP contribution is 2.21. The molecular weight excluding hydrogens is 249 g/mol. The molecule has 19 heavy (non-hydrogen) atoms. The van der Waals surface area contributed by atoms with Gasteiger partial charge in [-0.3, -0.25) is 4.79 Å². The van der Waals surface area contributed by atoms with Gasteiger partial charge in [-0.1, -0.05) is 6.07 Å². The van der Waals surface area contributed by atoms with Gasteiger partial charge in [0.2, 0.25) is 0 Å². The third kappa shape index (κ3) is 2.98. The van der Waals surface area contributed by atoms with Crippen molar-refractivity contribution in [2.75, 3.05) is 5.32 Å². The van der Waals surface area contributed by atoms with E-state index in [-0.39, 0.29) is 11.3 Å². The first-order valence-corrected chi connectivity index (χ1v) is 5.47. The minimum Gasteiger partial charge on any atom is -0.306 e. The molecule has 1 heterocycles. The second-order valence-corrected chi connectivity index (χ2v) is 3.93. The number of carbonyl (C=O) groups is 1. The quantitative estimate of drug-likeness (QED) is 0.860. The number of nitroso groups, excluding NO2 is 1. The maximum Gasteiger partial charge on any atom is 0.259 e. The van der Waals surface area contributed by atoms with Crippen LogP contribution in [0.1, 0.15) is 15.9 Å². The maximum atomic E-state index is 13.1. The van der Waals surface area contributed by atoms with Crippen LogP contribution in [0.15, 0.2) is 41.7 Å². The summed E-state index contributed by atoms with van der Waals surface area (Å²) in [5, 5.41) is 5.16. The summed E-state index contributed by atoms with van der Waals surface area (Å²) < 4.78 is 13.1. The molecule has 2 aromatic rings. The number of anilines is 1. The van der Waals surface area contributed by atoms with E-state index in [1.807, 2.05) is 6.92 Å². The molecule has 0 radical (unpaired) electrons. The average molecular weight is 259 g/mol. The van der Waals surface area contributed by atoms with Gasteiger partial charge in [-0.15, -0.1) is 4.91 Å². The van der Waals surface area contributed by atoms with E-state index >= 15 is 0 Å². The maximum absolute atomic E-state index is 13.1. The van der Waals surface area contributed by atoms with Gasteiger partial charge in [0.25, 0.3) is 5.91 Å². The Balaban J connectivity index is 2.27.